The van der Waals surface area contributed by atoms with Gasteiger partial charge in [-0.3, -0.25) is 4.79 Å². The lowest BCUT2D eigenvalue weighted by Crippen LogP contribution is -2.31. The highest BCUT2D eigenvalue weighted by Crippen LogP contribution is 2.28. The molecule has 2 aromatic carbocycles. The Morgan fingerprint density at radius 1 is 1.11 bits per heavy atom. The van der Waals surface area contributed by atoms with Crippen molar-refractivity contribution < 1.29 is 17.9 Å². The van der Waals surface area contributed by atoms with Crippen molar-refractivity contribution in [1.82, 2.24) is 4.31 Å². The molecule has 0 unspecified atom stereocenters. The van der Waals surface area contributed by atoms with Crippen LogP contribution in [0.15, 0.2) is 41.3 Å². The van der Waals surface area contributed by atoms with Crippen LogP contribution in [0, 0.1) is 13.8 Å². The number of rotatable bonds is 8. The van der Waals surface area contributed by atoms with E-state index in [9.17, 15) is 13.2 Å². The molecule has 28 heavy (non-hydrogen) atoms. The van der Waals surface area contributed by atoms with Gasteiger partial charge in [-0.15, -0.1) is 0 Å². The number of carbonyl (C=O) groups is 1. The molecule has 2 aromatic rings. The highest BCUT2D eigenvalue weighted by atomic mass is 35.5. The average Bonchev–Trinajstić information content (AvgIpc) is 2.64. The molecule has 0 aliphatic carbocycles. The summed E-state index contributed by atoms with van der Waals surface area (Å²) >= 11 is 6.11. The fourth-order valence-electron chi connectivity index (χ4n) is 2.68. The van der Waals surface area contributed by atoms with Crippen LogP contribution in [0.3, 0.4) is 0 Å². The van der Waals surface area contributed by atoms with Crippen LogP contribution in [0.2, 0.25) is 5.02 Å². The van der Waals surface area contributed by atoms with E-state index in [1.54, 1.807) is 19.9 Å². The van der Waals surface area contributed by atoms with E-state index in [0.717, 1.165) is 11.1 Å². The number of aryl methyl sites for hydroxylation is 2. The lowest BCUT2D eigenvalue weighted by Gasteiger charge is -2.19. The summed E-state index contributed by atoms with van der Waals surface area (Å²) in [7, 11) is -3.74. The molecule has 0 radical (unpaired) electrons. The van der Waals surface area contributed by atoms with Gasteiger partial charge in [0, 0.05) is 18.8 Å². The maximum Gasteiger partial charge on any atom is 0.262 e. The van der Waals surface area contributed by atoms with E-state index in [-0.39, 0.29) is 16.5 Å². The first-order valence-corrected chi connectivity index (χ1v) is 10.8. The number of carbonyl (C=O) groups excluding carboxylic acids is 1. The molecule has 0 aliphatic heterocycles. The van der Waals surface area contributed by atoms with Gasteiger partial charge in [0.2, 0.25) is 10.0 Å². The molecule has 0 bridgehead atoms. The van der Waals surface area contributed by atoms with Gasteiger partial charge in [-0.2, -0.15) is 4.31 Å². The maximum atomic E-state index is 12.7. The molecule has 1 amide bonds. The second-order valence-electron chi connectivity index (χ2n) is 6.34. The number of benzene rings is 2. The lowest BCUT2D eigenvalue weighted by molar-refractivity contribution is -0.118. The number of amides is 1. The molecule has 6 nitrogen and oxygen atoms in total. The van der Waals surface area contributed by atoms with Gasteiger partial charge in [0.25, 0.3) is 5.91 Å². The third kappa shape index (κ3) is 5.25. The number of hydrogen-bond donors (Lipinski definition) is 1. The topological polar surface area (TPSA) is 75.7 Å². The molecule has 0 atom stereocenters. The largest absolute Gasteiger partial charge is 0.483 e. The van der Waals surface area contributed by atoms with Crippen molar-refractivity contribution >= 4 is 33.2 Å². The number of halogens is 1. The number of sulfonamides is 1. The minimum Gasteiger partial charge on any atom is -0.483 e. The minimum absolute atomic E-state index is 0.0360. The molecule has 8 heteroatoms. The van der Waals surface area contributed by atoms with Crippen molar-refractivity contribution in [3.05, 3.63) is 52.5 Å². The Kier molecular flexibility index (Phi) is 7.46. The summed E-state index contributed by atoms with van der Waals surface area (Å²) in [6, 6.07) is 10.1. The lowest BCUT2D eigenvalue weighted by atomic mass is 10.1. The molecule has 1 N–H and O–H groups in total. The monoisotopic (exact) mass is 424 g/mol. The van der Waals surface area contributed by atoms with Crippen LogP contribution in [-0.4, -0.2) is 38.3 Å². The van der Waals surface area contributed by atoms with Crippen LogP contribution in [0.5, 0.6) is 5.75 Å². The third-order valence-corrected chi connectivity index (χ3v) is 6.77. The maximum absolute atomic E-state index is 12.7. The highest BCUT2D eigenvalue weighted by molar-refractivity contribution is 7.89. The zero-order valence-corrected chi connectivity index (χ0v) is 18.0. The van der Waals surface area contributed by atoms with Crippen LogP contribution in [-0.2, 0) is 14.8 Å². The summed E-state index contributed by atoms with van der Waals surface area (Å²) in [5.41, 5.74) is 2.30. The van der Waals surface area contributed by atoms with E-state index in [1.807, 2.05) is 32.0 Å². The Hall–Kier alpha value is -2.09. The number of ether oxygens (including phenoxy) is 1. The van der Waals surface area contributed by atoms with Crippen molar-refractivity contribution in [2.45, 2.75) is 32.6 Å². The van der Waals surface area contributed by atoms with Crippen molar-refractivity contribution in [1.29, 1.82) is 0 Å². The molecule has 2 rings (SSSR count). The number of nitrogens with zero attached hydrogens (tertiary/aromatic N) is 1. The Bertz CT molecular complexity index is 957. The normalized spacial score (nSPS) is 11.5. The van der Waals surface area contributed by atoms with Gasteiger partial charge in [0.1, 0.15) is 10.6 Å². The first-order valence-electron chi connectivity index (χ1n) is 8.98. The Morgan fingerprint density at radius 2 is 1.79 bits per heavy atom. The van der Waals surface area contributed by atoms with Gasteiger partial charge in [0.05, 0.1) is 5.02 Å². The Balaban J connectivity index is 2.14. The highest BCUT2D eigenvalue weighted by Gasteiger charge is 2.25. The summed E-state index contributed by atoms with van der Waals surface area (Å²) in [6.45, 7) is 7.82. The fourth-order valence-corrected chi connectivity index (χ4v) is 4.64. The van der Waals surface area contributed by atoms with E-state index in [0.29, 0.717) is 24.5 Å². The number of nitrogens with one attached hydrogen (secondary N) is 1. The molecule has 152 valence electrons. The second-order valence-corrected chi connectivity index (χ2v) is 8.65. The molecule has 0 heterocycles. The first kappa shape index (κ1) is 22.2. The number of anilines is 1. The van der Waals surface area contributed by atoms with Crippen LogP contribution < -0.4 is 10.1 Å². The van der Waals surface area contributed by atoms with Gasteiger partial charge < -0.3 is 10.1 Å². The zero-order chi connectivity index (χ0) is 20.9. The van der Waals surface area contributed by atoms with E-state index in [4.69, 9.17) is 16.3 Å². The van der Waals surface area contributed by atoms with Crippen LogP contribution >= 0.6 is 11.6 Å². The Labute approximate surface area is 171 Å². The summed E-state index contributed by atoms with van der Waals surface area (Å²) in [4.78, 5) is 12.2. The average molecular weight is 425 g/mol. The van der Waals surface area contributed by atoms with E-state index in [2.05, 4.69) is 5.32 Å². The molecular formula is C20H25ClN2O4S. The van der Waals surface area contributed by atoms with Crippen molar-refractivity contribution in [2.24, 2.45) is 0 Å². The van der Waals surface area contributed by atoms with Gasteiger partial charge in [-0.1, -0.05) is 37.6 Å². The van der Waals surface area contributed by atoms with Crippen molar-refractivity contribution in [3.63, 3.8) is 0 Å². The van der Waals surface area contributed by atoms with Crippen LogP contribution in [0.4, 0.5) is 5.69 Å². The SMILES string of the molecule is CCN(CC)S(=O)(=O)c1cc(NC(=O)COc2cc(C)ccc2C)ccc1Cl. The minimum atomic E-state index is -3.74. The van der Waals surface area contributed by atoms with Gasteiger partial charge >= 0.3 is 0 Å². The van der Waals surface area contributed by atoms with Gasteiger partial charge in [-0.05, 0) is 49.2 Å². The summed E-state index contributed by atoms with van der Waals surface area (Å²) in [5, 5.41) is 2.76. The van der Waals surface area contributed by atoms with Crippen molar-refractivity contribution in [3.8, 4) is 5.75 Å². The molecule has 0 spiro atoms. The zero-order valence-electron chi connectivity index (χ0n) is 16.5. The van der Waals surface area contributed by atoms with Crippen LogP contribution in [0.25, 0.3) is 0 Å². The molecular weight excluding hydrogens is 400 g/mol. The summed E-state index contributed by atoms with van der Waals surface area (Å²) in [5.74, 6) is 0.241. The Morgan fingerprint density at radius 3 is 2.43 bits per heavy atom. The van der Waals surface area contributed by atoms with E-state index >= 15 is 0 Å². The van der Waals surface area contributed by atoms with E-state index < -0.39 is 15.9 Å². The second kappa shape index (κ2) is 9.41. The van der Waals surface area contributed by atoms with E-state index in [1.165, 1.54) is 16.4 Å². The summed E-state index contributed by atoms with van der Waals surface area (Å²) < 4.78 is 32.4. The first-order chi connectivity index (χ1) is 13.2. The van der Waals surface area contributed by atoms with Crippen LogP contribution in [0.1, 0.15) is 25.0 Å². The standard InChI is InChI=1S/C20H25ClN2O4S/c1-5-23(6-2)28(25,26)19-12-16(9-10-17(19)21)22-20(24)13-27-18-11-14(3)7-8-15(18)4/h7-12H,5-6,13H2,1-4H3,(H,22,24). The summed E-state index contributed by atoms with van der Waals surface area (Å²) in [6.07, 6.45) is 0. The van der Waals surface area contributed by atoms with Gasteiger partial charge in [0.15, 0.2) is 6.61 Å². The predicted molar refractivity (Wildman–Crippen MR) is 112 cm³/mol. The molecule has 0 saturated carbocycles. The van der Waals surface area contributed by atoms with Crippen molar-refractivity contribution in [2.75, 3.05) is 25.0 Å². The molecule has 0 aromatic heterocycles. The quantitative estimate of drug-likeness (QED) is 0.694. The molecule has 0 fully saturated rings. The van der Waals surface area contributed by atoms with Gasteiger partial charge in [-0.25, -0.2) is 8.42 Å². The fraction of sp³-hybridized carbons (Fsp3) is 0.350. The number of hydrogen-bond acceptors (Lipinski definition) is 4. The molecule has 0 aliphatic rings. The smallest absolute Gasteiger partial charge is 0.262 e. The third-order valence-electron chi connectivity index (χ3n) is 4.24. The predicted octanol–water partition coefficient (Wildman–Crippen LogP) is 4.00. The molecule has 0 saturated heterocycles.